The molecule has 2 N–H and O–H groups in total. The predicted molar refractivity (Wildman–Crippen MR) is 79.1 cm³/mol. The van der Waals surface area contributed by atoms with Crippen LogP contribution in [0.5, 0.6) is 0 Å². The first kappa shape index (κ1) is 14.2. The Morgan fingerprint density at radius 2 is 2.00 bits per heavy atom. The second-order valence-electron chi connectivity index (χ2n) is 4.57. The third kappa shape index (κ3) is 4.40. The number of hydrogen-bond donors (Lipinski definition) is 2. The number of thioether (sulfide) groups is 1. The van der Waals surface area contributed by atoms with Gasteiger partial charge in [0, 0.05) is 6.08 Å². The van der Waals surface area contributed by atoms with Gasteiger partial charge in [0.05, 0.1) is 12.6 Å². The van der Waals surface area contributed by atoms with Crippen LogP contribution in [-0.2, 0) is 4.79 Å². The smallest absolute Gasteiger partial charge is 0.244 e. The molecule has 1 aromatic rings. The molecule has 0 spiro atoms. The first-order valence-corrected chi connectivity index (χ1v) is 7.68. The second-order valence-corrected chi connectivity index (χ2v) is 5.79. The number of benzene rings is 1. The summed E-state index contributed by atoms with van der Waals surface area (Å²) in [5, 5.41) is 12.3. The molecular weight excluding hydrogens is 258 g/mol. The van der Waals surface area contributed by atoms with E-state index in [-0.39, 0.29) is 18.6 Å². The highest BCUT2D eigenvalue weighted by Gasteiger charge is 2.13. The molecule has 1 aliphatic heterocycles. The SMILES string of the molecule is O=C(C=C1CCSCC1)NC(CO)c1ccccc1. The average Bonchev–Trinajstić information content (AvgIpc) is 2.47. The van der Waals surface area contributed by atoms with Gasteiger partial charge in [0.1, 0.15) is 0 Å². The quantitative estimate of drug-likeness (QED) is 0.830. The lowest BCUT2D eigenvalue weighted by Gasteiger charge is -2.17. The molecule has 0 saturated carbocycles. The Kier molecular flexibility index (Phi) is 5.48. The van der Waals surface area contributed by atoms with Gasteiger partial charge in [0.25, 0.3) is 0 Å². The molecule has 1 aliphatic rings. The van der Waals surface area contributed by atoms with Crippen LogP contribution >= 0.6 is 11.8 Å². The van der Waals surface area contributed by atoms with E-state index in [4.69, 9.17) is 0 Å². The standard InChI is InChI=1S/C15H19NO2S/c17-11-14(13-4-2-1-3-5-13)16-15(18)10-12-6-8-19-9-7-12/h1-5,10,14,17H,6-9,11H2,(H,16,18). The third-order valence-electron chi connectivity index (χ3n) is 3.17. The summed E-state index contributed by atoms with van der Waals surface area (Å²) >= 11 is 1.93. The van der Waals surface area contributed by atoms with Crippen LogP contribution in [-0.4, -0.2) is 29.1 Å². The molecule has 1 aromatic carbocycles. The Morgan fingerprint density at radius 3 is 2.63 bits per heavy atom. The molecule has 1 heterocycles. The van der Waals surface area contributed by atoms with Crippen LogP contribution in [0.2, 0.25) is 0 Å². The summed E-state index contributed by atoms with van der Waals surface area (Å²) in [6.07, 6.45) is 3.69. The number of rotatable bonds is 4. The highest BCUT2D eigenvalue weighted by atomic mass is 32.2. The number of amides is 1. The van der Waals surface area contributed by atoms with Crippen molar-refractivity contribution in [2.75, 3.05) is 18.1 Å². The summed E-state index contributed by atoms with van der Waals surface area (Å²) in [7, 11) is 0. The molecule has 3 nitrogen and oxygen atoms in total. The number of carbonyl (C=O) groups excluding carboxylic acids is 1. The lowest BCUT2D eigenvalue weighted by Crippen LogP contribution is -2.29. The highest BCUT2D eigenvalue weighted by Crippen LogP contribution is 2.21. The minimum Gasteiger partial charge on any atom is -0.394 e. The number of carbonyl (C=O) groups is 1. The van der Waals surface area contributed by atoms with Crippen LogP contribution in [0.25, 0.3) is 0 Å². The van der Waals surface area contributed by atoms with Gasteiger partial charge in [-0.1, -0.05) is 35.9 Å². The van der Waals surface area contributed by atoms with E-state index >= 15 is 0 Å². The number of aliphatic hydroxyl groups is 1. The van der Waals surface area contributed by atoms with Crippen molar-refractivity contribution in [1.82, 2.24) is 5.32 Å². The molecule has 2 rings (SSSR count). The van der Waals surface area contributed by atoms with E-state index in [0.29, 0.717) is 0 Å². The molecule has 102 valence electrons. The van der Waals surface area contributed by atoms with Gasteiger partial charge in [-0.15, -0.1) is 0 Å². The van der Waals surface area contributed by atoms with Gasteiger partial charge >= 0.3 is 0 Å². The molecule has 19 heavy (non-hydrogen) atoms. The van der Waals surface area contributed by atoms with E-state index in [1.807, 2.05) is 42.1 Å². The fraction of sp³-hybridized carbons (Fsp3) is 0.400. The summed E-state index contributed by atoms with van der Waals surface area (Å²) < 4.78 is 0. The molecule has 0 aliphatic carbocycles. The van der Waals surface area contributed by atoms with E-state index in [0.717, 1.165) is 29.9 Å². The Morgan fingerprint density at radius 1 is 1.32 bits per heavy atom. The monoisotopic (exact) mass is 277 g/mol. The van der Waals surface area contributed by atoms with E-state index in [1.165, 1.54) is 5.57 Å². The van der Waals surface area contributed by atoms with Gasteiger partial charge < -0.3 is 10.4 Å². The zero-order valence-electron chi connectivity index (χ0n) is 10.8. The maximum absolute atomic E-state index is 11.9. The van der Waals surface area contributed by atoms with Crippen molar-refractivity contribution in [1.29, 1.82) is 0 Å². The van der Waals surface area contributed by atoms with Crippen molar-refractivity contribution in [3.63, 3.8) is 0 Å². The van der Waals surface area contributed by atoms with E-state index in [1.54, 1.807) is 6.08 Å². The maximum atomic E-state index is 11.9. The second kappa shape index (κ2) is 7.36. The van der Waals surface area contributed by atoms with Gasteiger partial charge in [-0.3, -0.25) is 4.79 Å². The fourth-order valence-electron chi connectivity index (χ4n) is 2.10. The number of nitrogens with one attached hydrogen (secondary N) is 1. The van der Waals surface area contributed by atoms with Crippen LogP contribution in [0, 0.1) is 0 Å². The minimum absolute atomic E-state index is 0.0885. The zero-order chi connectivity index (χ0) is 13.5. The van der Waals surface area contributed by atoms with E-state index < -0.39 is 0 Å². The summed E-state index contributed by atoms with van der Waals surface area (Å²) in [4.78, 5) is 11.9. The molecule has 0 radical (unpaired) electrons. The molecule has 1 saturated heterocycles. The lowest BCUT2D eigenvalue weighted by atomic mass is 10.1. The normalized spacial score (nSPS) is 16.8. The van der Waals surface area contributed by atoms with E-state index in [9.17, 15) is 9.90 Å². The predicted octanol–water partition coefficient (Wildman–Crippen LogP) is 2.29. The fourth-order valence-corrected chi connectivity index (χ4v) is 3.11. The number of aliphatic hydroxyl groups excluding tert-OH is 1. The zero-order valence-corrected chi connectivity index (χ0v) is 11.7. The van der Waals surface area contributed by atoms with Crippen LogP contribution in [0.15, 0.2) is 42.0 Å². The lowest BCUT2D eigenvalue weighted by molar-refractivity contribution is -0.117. The van der Waals surface area contributed by atoms with Crippen molar-refractivity contribution >= 4 is 17.7 Å². The van der Waals surface area contributed by atoms with Crippen LogP contribution < -0.4 is 5.32 Å². The summed E-state index contributed by atoms with van der Waals surface area (Å²) in [5.74, 6) is 2.09. The molecule has 0 aromatic heterocycles. The van der Waals surface area contributed by atoms with Gasteiger partial charge in [-0.25, -0.2) is 0 Å². The van der Waals surface area contributed by atoms with E-state index in [2.05, 4.69) is 5.32 Å². The van der Waals surface area contributed by atoms with Crippen molar-refractivity contribution in [2.24, 2.45) is 0 Å². The molecular formula is C15H19NO2S. The Hall–Kier alpha value is -1.26. The van der Waals surface area contributed by atoms with Gasteiger partial charge in [0.15, 0.2) is 0 Å². The summed E-state index contributed by atoms with van der Waals surface area (Å²) in [6.45, 7) is -0.0885. The van der Waals surface area contributed by atoms with Crippen LogP contribution in [0.4, 0.5) is 0 Å². The van der Waals surface area contributed by atoms with Crippen LogP contribution in [0.3, 0.4) is 0 Å². The van der Waals surface area contributed by atoms with Crippen molar-refractivity contribution in [3.05, 3.63) is 47.5 Å². The first-order valence-electron chi connectivity index (χ1n) is 6.53. The number of hydrogen-bond acceptors (Lipinski definition) is 3. The average molecular weight is 277 g/mol. The maximum Gasteiger partial charge on any atom is 0.244 e. The van der Waals surface area contributed by atoms with Crippen molar-refractivity contribution < 1.29 is 9.90 Å². The largest absolute Gasteiger partial charge is 0.394 e. The molecule has 1 unspecified atom stereocenters. The van der Waals surface area contributed by atoms with Gasteiger partial charge in [-0.2, -0.15) is 11.8 Å². The van der Waals surface area contributed by atoms with Crippen LogP contribution in [0.1, 0.15) is 24.4 Å². The third-order valence-corrected chi connectivity index (χ3v) is 4.16. The van der Waals surface area contributed by atoms with Crippen molar-refractivity contribution in [3.8, 4) is 0 Å². The first-order chi connectivity index (χ1) is 9.29. The van der Waals surface area contributed by atoms with Gasteiger partial charge in [-0.05, 0) is 29.9 Å². The summed E-state index contributed by atoms with van der Waals surface area (Å²) in [5.41, 5.74) is 2.14. The topological polar surface area (TPSA) is 49.3 Å². The molecule has 0 bridgehead atoms. The summed E-state index contributed by atoms with van der Waals surface area (Å²) in [6, 6.07) is 9.21. The minimum atomic E-state index is -0.330. The van der Waals surface area contributed by atoms with Gasteiger partial charge in [0.2, 0.25) is 5.91 Å². The Labute approximate surface area is 118 Å². The Bertz CT molecular complexity index is 437. The molecule has 1 amide bonds. The number of allylic oxidation sites excluding steroid dienone is 1. The highest BCUT2D eigenvalue weighted by molar-refractivity contribution is 7.99. The molecule has 4 heteroatoms. The van der Waals surface area contributed by atoms with Crippen molar-refractivity contribution in [2.45, 2.75) is 18.9 Å². The molecule has 1 fully saturated rings. The Balaban J connectivity index is 1.96. The molecule has 1 atom stereocenters.